The summed E-state index contributed by atoms with van der Waals surface area (Å²) in [5.74, 6) is 0.541. The molecular formula is C26H25N3O3. The zero-order valence-electron chi connectivity index (χ0n) is 18.4. The largest absolute Gasteiger partial charge is 0.494 e. The predicted molar refractivity (Wildman–Crippen MR) is 126 cm³/mol. The van der Waals surface area contributed by atoms with Gasteiger partial charge in [0.1, 0.15) is 5.75 Å². The van der Waals surface area contributed by atoms with Crippen molar-refractivity contribution in [3.63, 3.8) is 0 Å². The lowest BCUT2D eigenvalue weighted by Crippen LogP contribution is -2.33. The first-order valence-corrected chi connectivity index (χ1v) is 10.5. The number of hydrogen-bond acceptors (Lipinski definition) is 4. The number of ether oxygens (including phenoxy) is 1. The summed E-state index contributed by atoms with van der Waals surface area (Å²) in [6, 6.07) is 16.7. The van der Waals surface area contributed by atoms with E-state index in [1.54, 1.807) is 29.4 Å². The Balaban J connectivity index is 1.79. The minimum Gasteiger partial charge on any atom is -0.494 e. The number of fused-ring (bicyclic) bond motifs is 1. The van der Waals surface area contributed by atoms with Crippen LogP contribution in [0.1, 0.15) is 34.0 Å². The normalized spacial score (nSPS) is 10.8. The Morgan fingerprint density at radius 1 is 1.03 bits per heavy atom. The Morgan fingerprint density at radius 3 is 2.53 bits per heavy atom. The molecule has 6 heteroatoms. The standard InChI is InChI=1S/C26H25N3O3/c1-4-32-22-6-7-23-20(15-22)14-21(25(30)28-23)16-29(24-8-5-17(2)13-18(24)3)26(31)19-9-11-27-12-10-19/h5-15H,4,16H2,1-3H3,(H,28,30). The number of anilines is 1. The van der Waals surface area contributed by atoms with Crippen LogP contribution in [0.2, 0.25) is 0 Å². The maximum Gasteiger partial charge on any atom is 0.258 e. The van der Waals surface area contributed by atoms with E-state index in [2.05, 4.69) is 9.97 Å². The Kier molecular flexibility index (Phi) is 6.03. The number of nitrogens with zero attached hydrogens (tertiary/aromatic N) is 2. The highest BCUT2D eigenvalue weighted by Crippen LogP contribution is 2.26. The number of rotatable bonds is 6. The van der Waals surface area contributed by atoms with E-state index in [9.17, 15) is 9.59 Å². The van der Waals surface area contributed by atoms with Crippen LogP contribution in [0.4, 0.5) is 5.69 Å². The third kappa shape index (κ3) is 4.39. The van der Waals surface area contributed by atoms with Crippen LogP contribution in [0.15, 0.2) is 71.8 Å². The van der Waals surface area contributed by atoms with Crippen molar-refractivity contribution in [3.05, 3.63) is 99.6 Å². The molecule has 0 unspecified atom stereocenters. The van der Waals surface area contributed by atoms with Crippen molar-refractivity contribution >= 4 is 22.5 Å². The molecule has 1 amide bonds. The van der Waals surface area contributed by atoms with Gasteiger partial charge in [-0.2, -0.15) is 0 Å². The first-order valence-electron chi connectivity index (χ1n) is 10.5. The maximum absolute atomic E-state index is 13.5. The maximum atomic E-state index is 13.5. The fraction of sp³-hybridized carbons (Fsp3) is 0.192. The molecule has 0 aliphatic heterocycles. The van der Waals surface area contributed by atoms with Gasteiger partial charge < -0.3 is 14.6 Å². The molecular weight excluding hydrogens is 402 g/mol. The molecule has 0 radical (unpaired) electrons. The van der Waals surface area contributed by atoms with E-state index in [1.807, 2.05) is 63.2 Å². The van der Waals surface area contributed by atoms with Crippen molar-refractivity contribution in [2.45, 2.75) is 27.3 Å². The van der Waals surface area contributed by atoms with E-state index in [0.29, 0.717) is 17.7 Å². The number of pyridine rings is 2. The molecule has 0 aliphatic rings. The molecule has 4 aromatic rings. The third-order valence-electron chi connectivity index (χ3n) is 5.35. The quantitative estimate of drug-likeness (QED) is 0.480. The summed E-state index contributed by atoms with van der Waals surface area (Å²) in [5, 5.41) is 0.850. The van der Waals surface area contributed by atoms with E-state index in [0.717, 1.165) is 33.5 Å². The summed E-state index contributed by atoms with van der Waals surface area (Å²) in [5.41, 5.74) is 4.34. The molecule has 0 fully saturated rings. The van der Waals surface area contributed by atoms with Crippen molar-refractivity contribution in [2.75, 3.05) is 11.5 Å². The number of hydrogen-bond donors (Lipinski definition) is 1. The van der Waals surface area contributed by atoms with Crippen molar-refractivity contribution in [1.82, 2.24) is 9.97 Å². The fourth-order valence-corrected chi connectivity index (χ4v) is 3.80. The number of aromatic amines is 1. The Hall–Kier alpha value is -3.93. The van der Waals surface area contributed by atoms with Gasteiger partial charge in [-0.05, 0) is 68.8 Å². The molecule has 2 aromatic heterocycles. The van der Waals surface area contributed by atoms with E-state index < -0.39 is 0 Å². The fourth-order valence-electron chi connectivity index (χ4n) is 3.80. The summed E-state index contributed by atoms with van der Waals surface area (Å²) in [4.78, 5) is 34.9. The molecule has 32 heavy (non-hydrogen) atoms. The van der Waals surface area contributed by atoms with E-state index in [4.69, 9.17) is 4.74 Å². The van der Waals surface area contributed by atoms with Crippen LogP contribution >= 0.6 is 0 Å². The highest BCUT2D eigenvalue weighted by molar-refractivity contribution is 6.06. The van der Waals surface area contributed by atoms with Crippen LogP contribution in [0, 0.1) is 13.8 Å². The monoisotopic (exact) mass is 427 g/mol. The average molecular weight is 428 g/mol. The molecule has 0 bridgehead atoms. The zero-order valence-corrected chi connectivity index (χ0v) is 18.4. The lowest BCUT2D eigenvalue weighted by Gasteiger charge is -2.25. The Bertz CT molecular complexity index is 1330. The number of carbonyl (C=O) groups excluding carboxylic acids is 1. The second-order valence-electron chi connectivity index (χ2n) is 7.72. The summed E-state index contributed by atoms with van der Waals surface area (Å²) >= 11 is 0. The van der Waals surface area contributed by atoms with Gasteiger partial charge in [0.05, 0.1) is 13.2 Å². The van der Waals surface area contributed by atoms with Gasteiger partial charge in [0, 0.05) is 40.1 Å². The van der Waals surface area contributed by atoms with Gasteiger partial charge in [0.25, 0.3) is 11.5 Å². The highest BCUT2D eigenvalue weighted by Gasteiger charge is 2.21. The second-order valence-corrected chi connectivity index (χ2v) is 7.72. The molecule has 2 heterocycles. The van der Waals surface area contributed by atoms with Crippen LogP contribution in [0.5, 0.6) is 5.75 Å². The highest BCUT2D eigenvalue weighted by atomic mass is 16.5. The van der Waals surface area contributed by atoms with Crippen molar-refractivity contribution in [3.8, 4) is 5.75 Å². The van der Waals surface area contributed by atoms with Gasteiger partial charge in [-0.3, -0.25) is 14.6 Å². The molecule has 4 rings (SSSR count). The summed E-state index contributed by atoms with van der Waals surface area (Å²) in [6.07, 6.45) is 3.18. The number of H-pyrrole nitrogens is 1. The molecule has 0 spiro atoms. The lowest BCUT2D eigenvalue weighted by molar-refractivity contribution is 0.0984. The van der Waals surface area contributed by atoms with Gasteiger partial charge in [-0.15, -0.1) is 0 Å². The molecule has 162 valence electrons. The topological polar surface area (TPSA) is 75.3 Å². The Morgan fingerprint density at radius 2 is 1.81 bits per heavy atom. The molecule has 1 N–H and O–H groups in total. The van der Waals surface area contributed by atoms with Crippen LogP contribution < -0.4 is 15.2 Å². The lowest BCUT2D eigenvalue weighted by atomic mass is 10.1. The smallest absolute Gasteiger partial charge is 0.258 e. The average Bonchev–Trinajstić information content (AvgIpc) is 2.79. The van der Waals surface area contributed by atoms with E-state index in [-0.39, 0.29) is 18.0 Å². The molecule has 2 aromatic carbocycles. The van der Waals surface area contributed by atoms with Crippen molar-refractivity contribution < 1.29 is 9.53 Å². The predicted octanol–water partition coefficient (Wildman–Crippen LogP) is 4.79. The first kappa shape index (κ1) is 21.3. The molecule has 6 nitrogen and oxygen atoms in total. The van der Waals surface area contributed by atoms with Crippen molar-refractivity contribution in [1.29, 1.82) is 0 Å². The third-order valence-corrected chi connectivity index (χ3v) is 5.35. The number of nitrogens with one attached hydrogen (secondary N) is 1. The second kappa shape index (κ2) is 9.06. The van der Waals surface area contributed by atoms with Crippen molar-refractivity contribution in [2.24, 2.45) is 0 Å². The van der Waals surface area contributed by atoms with Crippen LogP contribution in [-0.2, 0) is 6.54 Å². The number of carbonyl (C=O) groups is 1. The van der Waals surface area contributed by atoms with Gasteiger partial charge in [-0.25, -0.2) is 0 Å². The van der Waals surface area contributed by atoms with Crippen LogP contribution in [0.25, 0.3) is 10.9 Å². The van der Waals surface area contributed by atoms with Gasteiger partial charge in [0.15, 0.2) is 0 Å². The molecule has 0 saturated heterocycles. The molecule has 0 saturated carbocycles. The number of amides is 1. The van der Waals surface area contributed by atoms with Gasteiger partial charge >= 0.3 is 0 Å². The first-order chi connectivity index (χ1) is 15.5. The van der Waals surface area contributed by atoms with Gasteiger partial charge in [-0.1, -0.05) is 17.7 Å². The minimum atomic E-state index is -0.223. The Labute approximate surface area is 186 Å². The summed E-state index contributed by atoms with van der Waals surface area (Å²) in [6.45, 7) is 6.59. The van der Waals surface area contributed by atoms with Crippen LogP contribution in [-0.4, -0.2) is 22.5 Å². The van der Waals surface area contributed by atoms with Gasteiger partial charge in [0.2, 0.25) is 0 Å². The van der Waals surface area contributed by atoms with Crippen LogP contribution in [0.3, 0.4) is 0 Å². The summed E-state index contributed by atoms with van der Waals surface area (Å²) in [7, 11) is 0. The zero-order chi connectivity index (χ0) is 22.7. The SMILES string of the molecule is CCOc1ccc2[nH]c(=O)c(CN(C(=O)c3ccncc3)c3ccc(C)cc3C)cc2c1. The molecule has 0 atom stereocenters. The number of aromatic nitrogens is 2. The minimum absolute atomic E-state index is 0.134. The summed E-state index contributed by atoms with van der Waals surface area (Å²) < 4.78 is 5.60. The number of benzene rings is 2. The molecule has 0 aliphatic carbocycles. The van der Waals surface area contributed by atoms with E-state index in [1.165, 1.54) is 0 Å². The van der Waals surface area contributed by atoms with E-state index >= 15 is 0 Å². The number of aryl methyl sites for hydroxylation is 2.